The van der Waals surface area contributed by atoms with Crippen LogP contribution >= 0.6 is 11.8 Å². The van der Waals surface area contributed by atoms with Gasteiger partial charge in [0.05, 0.1) is 0 Å². The van der Waals surface area contributed by atoms with Crippen molar-refractivity contribution in [2.75, 3.05) is 12.3 Å². The van der Waals surface area contributed by atoms with Crippen LogP contribution in [0.3, 0.4) is 0 Å². The highest BCUT2D eigenvalue weighted by molar-refractivity contribution is 7.98. The molecule has 0 aliphatic carbocycles. The number of nitrogens with one attached hydrogen (secondary N) is 2. The van der Waals surface area contributed by atoms with E-state index >= 15 is 0 Å². The number of fused-ring (bicyclic) bond motifs is 1. The highest BCUT2D eigenvalue weighted by Gasteiger charge is 2.28. The number of hydrogen-bond donors (Lipinski definition) is 2. The van der Waals surface area contributed by atoms with Gasteiger partial charge in [0.25, 0.3) is 5.91 Å². The molecule has 2 aromatic rings. The van der Waals surface area contributed by atoms with Crippen LogP contribution in [0.5, 0.6) is 0 Å². The number of rotatable bonds is 7. The Morgan fingerprint density at radius 1 is 1.19 bits per heavy atom. The zero-order valence-electron chi connectivity index (χ0n) is 15.0. The van der Waals surface area contributed by atoms with Crippen LogP contribution in [0.15, 0.2) is 48.5 Å². The summed E-state index contributed by atoms with van der Waals surface area (Å²) in [6.07, 6.45) is 1.47. The molecule has 1 unspecified atom stereocenters. The van der Waals surface area contributed by atoms with Crippen molar-refractivity contribution in [1.29, 1.82) is 0 Å². The minimum atomic E-state index is -0.475. The first kappa shape index (κ1) is 18.5. The highest BCUT2D eigenvalue weighted by Crippen LogP contribution is 2.17. The Hall–Kier alpha value is -2.27. The summed E-state index contributed by atoms with van der Waals surface area (Å²) in [5.41, 5.74) is 4.29. The van der Waals surface area contributed by atoms with E-state index in [9.17, 15) is 9.59 Å². The van der Waals surface area contributed by atoms with E-state index in [0.717, 1.165) is 23.5 Å². The van der Waals surface area contributed by atoms with Crippen molar-refractivity contribution >= 4 is 23.6 Å². The molecule has 2 amide bonds. The molecule has 136 valence electrons. The van der Waals surface area contributed by atoms with Gasteiger partial charge in [0, 0.05) is 24.3 Å². The smallest absolute Gasteiger partial charge is 0.252 e. The number of aryl methyl sites for hydroxylation is 1. The Labute approximate surface area is 158 Å². The van der Waals surface area contributed by atoms with Crippen molar-refractivity contribution in [3.63, 3.8) is 0 Å². The number of hydrogen-bond acceptors (Lipinski definition) is 3. The third kappa shape index (κ3) is 4.67. The molecule has 1 atom stereocenters. The van der Waals surface area contributed by atoms with E-state index in [4.69, 9.17) is 0 Å². The minimum Gasteiger partial charge on any atom is -0.354 e. The Balaban J connectivity index is 1.37. The summed E-state index contributed by atoms with van der Waals surface area (Å²) in [5.74, 6) is 1.72. The Bertz CT molecular complexity index is 791. The third-order valence-electron chi connectivity index (χ3n) is 4.59. The fraction of sp³-hybridized carbons (Fsp3) is 0.333. The van der Waals surface area contributed by atoms with Crippen LogP contribution in [0.4, 0.5) is 0 Å². The van der Waals surface area contributed by atoms with Gasteiger partial charge < -0.3 is 10.6 Å². The third-order valence-corrected chi connectivity index (χ3v) is 5.68. The normalized spacial score (nSPS) is 15.9. The SMILES string of the molecule is Cc1ccccc1CSCCCNC(=O)C1Cc2ccccc2C(=O)N1. The van der Waals surface area contributed by atoms with E-state index in [2.05, 4.69) is 41.8 Å². The maximum Gasteiger partial charge on any atom is 0.252 e. The van der Waals surface area contributed by atoms with Crippen LogP contribution in [0.25, 0.3) is 0 Å². The van der Waals surface area contributed by atoms with Gasteiger partial charge in [-0.25, -0.2) is 0 Å². The summed E-state index contributed by atoms with van der Waals surface area (Å²) >= 11 is 1.88. The molecule has 0 aromatic heterocycles. The molecule has 1 aliphatic rings. The summed E-state index contributed by atoms with van der Waals surface area (Å²) in [4.78, 5) is 24.4. The van der Waals surface area contributed by atoms with Gasteiger partial charge in [0.1, 0.15) is 6.04 Å². The number of amides is 2. The molecule has 5 heteroatoms. The maximum atomic E-state index is 12.3. The maximum absolute atomic E-state index is 12.3. The van der Waals surface area contributed by atoms with Crippen molar-refractivity contribution < 1.29 is 9.59 Å². The zero-order chi connectivity index (χ0) is 18.4. The molecule has 0 bridgehead atoms. The molecule has 2 aromatic carbocycles. The van der Waals surface area contributed by atoms with Crippen LogP contribution in [0.2, 0.25) is 0 Å². The summed E-state index contributed by atoms with van der Waals surface area (Å²) in [6, 6.07) is 15.4. The molecule has 2 N–H and O–H groups in total. The number of benzene rings is 2. The average molecular weight is 369 g/mol. The minimum absolute atomic E-state index is 0.100. The van der Waals surface area contributed by atoms with Gasteiger partial charge in [-0.3, -0.25) is 9.59 Å². The predicted octanol–water partition coefficient (Wildman–Crippen LogP) is 3.09. The van der Waals surface area contributed by atoms with E-state index < -0.39 is 6.04 Å². The molecule has 3 rings (SSSR count). The molecule has 0 fully saturated rings. The van der Waals surface area contributed by atoms with E-state index in [1.54, 1.807) is 6.07 Å². The molecule has 0 radical (unpaired) electrons. The van der Waals surface area contributed by atoms with E-state index in [1.807, 2.05) is 30.0 Å². The number of thioether (sulfide) groups is 1. The van der Waals surface area contributed by atoms with Crippen LogP contribution in [0.1, 0.15) is 33.5 Å². The van der Waals surface area contributed by atoms with Gasteiger partial charge in [0.2, 0.25) is 5.91 Å². The first-order valence-corrected chi connectivity index (χ1v) is 10.1. The lowest BCUT2D eigenvalue weighted by molar-refractivity contribution is -0.123. The van der Waals surface area contributed by atoms with Gasteiger partial charge in [0.15, 0.2) is 0 Å². The predicted molar refractivity (Wildman–Crippen MR) is 106 cm³/mol. The summed E-state index contributed by atoms with van der Waals surface area (Å²) < 4.78 is 0. The number of carbonyl (C=O) groups is 2. The standard InChI is InChI=1S/C21H24N2O2S/c1-15-7-2-3-9-17(15)14-26-12-6-11-22-21(25)19-13-16-8-4-5-10-18(16)20(24)23-19/h2-5,7-10,19H,6,11-14H2,1H3,(H,22,25)(H,23,24). The summed E-state index contributed by atoms with van der Waals surface area (Å²) in [5, 5.41) is 5.74. The van der Waals surface area contributed by atoms with Crippen molar-refractivity contribution in [1.82, 2.24) is 10.6 Å². The van der Waals surface area contributed by atoms with E-state index in [-0.39, 0.29) is 11.8 Å². The molecular formula is C21H24N2O2S. The monoisotopic (exact) mass is 368 g/mol. The number of carbonyl (C=O) groups excluding carboxylic acids is 2. The van der Waals surface area contributed by atoms with E-state index in [0.29, 0.717) is 18.5 Å². The van der Waals surface area contributed by atoms with Gasteiger partial charge in [-0.15, -0.1) is 0 Å². The second-order valence-electron chi connectivity index (χ2n) is 6.51. The fourth-order valence-corrected chi connectivity index (χ4v) is 4.08. The molecular weight excluding hydrogens is 344 g/mol. The molecule has 0 spiro atoms. The zero-order valence-corrected chi connectivity index (χ0v) is 15.8. The molecule has 1 heterocycles. The second kappa shape index (κ2) is 8.90. The first-order valence-electron chi connectivity index (χ1n) is 8.94. The summed E-state index contributed by atoms with van der Waals surface area (Å²) in [6.45, 7) is 2.76. The quantitative estimate of drug-likeness (QED) is 0.739. The van der Waals surface area contributed by atoms with Gasteiger partial charge >= 0.3 is 0 Å². The molecule has 0 saturated heterocycles. The largest absolute Gasteiger partial charge is 0.354 e. The van der Waals surface area contributed by atoms with Crippen LogP contribution in [-0.2, 0) is 17.0 Å². The average Bonchev–Trinajstić information content (AvgIpc) is 2.65. The van der Waals surface area contributed by atoms with Crippen LogP contribution < -0.4 is 10.6 Å². The lowest BCUT2D eigenvalue weighted by Crippen LogP contribution is -2.51. The van der Waals surface area contributed by atoms with Crippen molar-refractivity contribution in [2.24, 2.45) is 0 Å². The van der Waals surface area contributed by atoms with Crippen molar-refractivity contribution in [3.05, 3.63) is 70.8 Å². The van der Waals surface area contributed by atoms with Gasteiger partial charge in [-0.1, -0.05) is 42.5 Å². The lowest BCUT2D eigenvalue weighted by Gasteiger charge is -2.24. The molecule has 1 aliphatic heterocycles. The molecule has 4 nitrogen and oxygen atoms in total. The Kier molecular flexibility index (Phi) is 6.34. The van der Waals surface area contributed by atoms with Gasteiger partial charge in [-0.05, 0) is 41.9 Å². The van der Waals surface area contributed by atoms with Crippen molar-refractivity contribution in [2.45, 2.75) is 31.6 Å². The Morgan fingerprint density at radius 3 is 2.81 bits per heavy atom. The topological polar surface area (TPSA) is 58.2 Å². The first-order chi connectivity index (χ1) is 12.6. The van der Waals surface area contributed by atoms with Crippen molar-refractivity contribution in [3.8, 4) is 0 Å². The molecule has 26 heavy (non-hydrogen) atoms. The van der Waals surface area contributed by atoms with E-state index in [1.165, 1.54) is 11.1 Å². The highest BCUT2D eigenvalue weighted by atomic mass is 32.2. The fourth-order valence-electron chi connectivity index (χ4n) is 3.05. The molecule has 0 saturated carbocycles. The van der Waals surface area contributed by atoms with Crippen LogP contribution in [0, 0.1) is 6.92 Å². The second-order valence-corrected chi connectivity index (χ2v) is 7.62. The van der Waals surface area contributed by atoms with Gasteiger partial charge in [-0.2, -0.15) is 11.8 Å². The lowest BCUT2D eigenvalue weighted by atomic mass is 9.95. The summed E-state index contributed by atoms with van der Waals surface area (Å²) in [7, 11) is 0. The Morgan fingerprint density at radius 2 is 1.96 bits per heavy atom. The van der Waals surface area contributed by atoms with Crippen LogP contribution in [-0.4, -0.2) is 30.2 Å².